The van der Waals surface area contributed by atoms with Crippen LogP contribution < -0.4 is 5.32 Å². The molecule has 0 saturated carbocycles. The number of amides is 2. The van der Waals surface area contributed by atoms with Crippen LogP contribution >= 0.6 is 11.3 Å². The van der Waals surface area contributed by atoms with Gasteiger partial charge in [-0.05, 0) is 36.1 Å². The average molecular weight is 296 g/mol. The predicted octanol–water partition coefficient (Wildman–Crippen LogP) is 3.49. The van der Waals surface area contributed by atoms with E-state index in [1.807, 2.05) is 0 Å². The summed E-state index contributed by atoms with van der Waals surface area (Å²) in [7, 11) is 0. The van der Waals surface area contributed by atoms with Crippen LogP contribution in [0.1, 0.15) is 43.5 Å². The fourth-order valence-corrected chi connectivity index (χ4v) is 3.46. The molecule has 1 aromatic rings. The number of anilines is 1. The van der Waals surface area contributed by atoms with E-state index in [1.54, 1.807) is 10.3 Å². The van der Waals surface area contributed by atoms with Gasteiger partial charge >= 0.3 is 12.0 Å². The van der Waals surface area contributed by atoms with Crippen molar-refractivity contribution in [3.63, 3.8) is 0 Å². The third-order valence-corrected chi connectivity index (χ3v) is 5.17. The van der Waals surface area contributed by atoms with Gasteiger partial charge in [0.25, 0.3) is 0 Å². The first-order valence-electron chi connectivity index (χ1n) is 6.88. The Labute approximate surface area is 122 Å². The van der Waals surface area contributed by atoms with Crippen LogP contribution in [0.4, 0.5) is 9.80 Å². The molecule has 0 bridgehead atoms. The molecule has 1 fully saturated rings. The van der Waals surface area contributed by atoms with E-state index >= 15 is 0 Å². The summed E-state index contributed by atoms with van der Waals surface area (Å²) in [5, 5.41) is 13.8. The second-order valence-corrected chi connectivity index (χ2v) is 6.19. The first-order chi connectivity index (χ1) is 9.51. The number of nitrogens with zero attached hydrogens (tertiary/aromatic N) is 1. The monoisotopic (exact) mass is 296 g/mol. The van der Waals surface area contributed by atoms with Crippen molar-refractivity contribution in [1.29, 1.82) is 0 Å². The Hall–Kier alpha value is -1.56. The SMILES string of the molecule is CCC1(CC)CCN(C(=O)Nc2sccc2C(=O)O)C1. The van der Waals surface area contributed by atoms with Crippen LogP contribution in [-0.4, -0.2) is 35.1 Å². The summed E-state index contributed by atoms with van der Waals surface area (Å²) in [5.74, 6) is -1.01. The highest BCUT2D eigenvalue weighted by atomic mass is 32.1. The number of nitrogens with one attached hydrogen (secondary N) is 1. The van der Waals surface area contributed by atoms with Crippen molar-refractivity contribution >= 4 is 28.3 Å². The maximum absolute atomic E-state index is 12.2. The molecule has 2 heterocycles. The van der Waals surface area contributed by atoms with Crippen LogP contribution in [0.15, 0.2) is 11.4 Å². The molecule has 0 aromatic carbocycles. The van der Waals surface area contributed by atoms with Crippen molar-refractivity contribution in [2.75, 3.05) is 18.4 Å². The molecular formula is C14H20N2O3S. The Kier molecular flexibility index (Phi) is 4.32. The molecular weight excluding hydrogens is 276 g/mol. The van der Waals surface area contributed by atoms with Crippen LogP contribution in [0.2, 0.25) is 0 Å². The smallest absolute Gasteiger partial charge is 0.338 e. The molecule has 6 heteroatoms. The van der Waals surface area contributed by atoms with E-state index < -0.39 is 5.97 Å². The van der Waals surface area contributed by atoms with Gasteiger partial charge in [-0.1, -0.05) is 13.8 Å². The van der Waals surface area contributed by atoms with Crippen molar-refractivity contribution in [3.05, 3.63) is 17.0 Å². The van der Waals surface area contributed by atoms with Gasteiger partial charge in [-0.25, -0.2) is 9.59 Å². The Morgan fingerprint density at radius 2 is 2.15 bits per heavy atom. The standard InChI is InChI=1S/C14H20N2O3S/c1-3-14(4-2)6-7-16(9-14)13(19)15-11-10(12(17)18)5-8-20-11/h5,8H,3-4,6-7,9H2,1-2H3,(H,15,19)(H,17,18). The van der Waals surface area contributed by atoms with Gasteiger partial charge in [-0.15, -0.1) is 11.3 Å². The van der Waals surface area contributed by atoms with Gasteiger partial charge in [0.05, 0.1) is 5.56 Å². The summed E-state index contributed by atoms with van der Waals surface area (Å²) in [6.45, 7) is 5.81. The van der Waals surface area contributed by atoms with Gasteiger partial charge in [0.2, 0.25) is 0 Å². The highest BCUT2D eigenvalue weighted by Gasteiger charge is 2.37. The number of aromatic carboxylic acids is 1. The zero-order chi connectivity index (χ0) is 14.8. The summed E-state index contributed by atoms with van der Waals surface area (Å²) in [6.07, 6.45) is 3.14. The third-order valence-electron chi connectivity index (χ3n) is 4.34. The van der Waals surface area contributed by atoms with Gasteiger partial charge in [-0.2, -0.15) is 0 Å². The van der Waals surface area contributed by atoms with E-state index in [1.165, 1.54) is 17.4 Å². The molecule has 1 saturated heterocycles. The van der Waals surface area contributed by atoms with E-state index in [4.69, 9.17) is 5.11 Å². The summed E-state index contributed by atoms with van der Waals surface area (Å²) in [6, 6.07) is 1.31. The maximum Gasteiger partial charge on any atom is 0.338 e. The minimum Gasteiger partial charge on any atom is -0.478 e. The summed E-state index contributed by atoms with van der Waals surface area (Å²) < 4.78 is 0. The number of carbonyl (C=O) groups is 2. The minimum atomic E-state index is -1.01. The molecule has 1 aliphatic heterocycles. The van der Waals surface area contributed by atoms with E-state index in [9.17, 15) is 9.59 Å². The van der Waals surface area contributed by atoms with Gasteiger partial charge < -0.3 is 10.0 Å². The normalized spacial score (nSPS) is 17.2. The number of hydrogen-bond acceptors (Lipinski definition) is 3. The molecule has 1 aliphatic rings. The largest absolute Gasteiger partial charge is 0.478 e. The molecule has 110 valence electrons. The third kappa shape index (κ3) is 2.80. The Morgan fingerprint density at radius 1 is 1.45 bits per heavy atom. The fraction of sp³-hybridized carbons (Fsp3) is 0.571. The molecule has 20 heavy (non-hydrogen) atoms. The first kappa shape index (κ1) is 14.8. The van der Waals surface area contributed by atoms with E-state index in [-0.39, 0.29) is 17.0 Å². The molecule has 0 atom stereocenters. The molecule has 1 aromatic heterocycles. The predicted molar refractivity (Wildman–Crippen MR) is 79.5 cm³/mol. The number of carboxylic acids is 1. The van der Waals surface area contributed by atoms with Crippen molar-refractivity contribution < 1.29 is 14.7 Å². The fourth-order valence-electron chi connectivity index (χ4n) is 2.69. The zero-order valence-electron chi connectivity index (χ0n) is 11.8. The van der Waals surface area contributed by atoms with Gasteiger partial charge in [-0.3, -0.25) is 5.32 Å². The summed E-state index contributed by atoms with van der Waals surface area (Å²) in [4.78, 5) is 25.0. The number of urea groups is 1. The topological polar surface area (TPSA) is 69.6 Å². The molecule has 2 amide bonds. The highest BCUT2D eigenvalue weighted by Crippen LogP contribution is 2.37. The van der Waals surface area contributed by atoms with Crippen LogP contribution in [0.3, 0.4) is 0 Å². The molecule has 0 unspecified atom stereocenters. The number of carboxylic acid groups (broad SMARTS) is 1. The van der Waals surface area contributed by atoms with E-state index in [2.05, 4.69) is 19.2 Å². The summed E-state index contributed by atoms with van der Waals surface area (Å²) >= 11 is 1.24. The average Bonchev–Trinajstić information content (AvgIpc) is 3.05. The lowest BCUT2D eigenvalue weighted by molar-refractivity contribution is 0.0698. The van der Waals surface area contributed by atoms with E-state index in [0.29, 0.717) is 5.00 Å². The summed E-state index contributed by atoms with van der Waals surface area (Å²) in [5.41, 5.74) is 0.377. The minimum absolute atomic E-state index is 0.153. The number of hydrogen-bond donors (Lipinski definition) is 2. The quantitative estimate of drug-likeness (QED) is 0.893. The molecule has 0 spiro atoms. The van der Waals surface area contributed by atoms with Crippen molar-refractivity contribution in [2.24, 2.45) is 5.41 Å². The number of rotatable bonds is 4. The molecule has 2 rings (SSSR count). The van der Waals surface area contributed by atoms with Gasteiger partial charge in [0, 0.05) is 13.1 Å². The Bertz CT molecular complexity index is 508. The molecule has 5 nitrogen and oxygen atoms in total. The van der Waals surface area contributed by atoms with Crippen molar-refractivity contribution in [3.8, 4) is 0 Å². The van der Waals surface area contributed by atoms with Gasteiger partial charge in [0.1, 0.15) is 5.00 Å². The van der Waals surface area contributed by atoms with Crippen molar-refractivity contribution in [1.82, 2.24) is 4.90 Å². The number of carbonyl (C=O) groups excluding carboxylic acids is 1. The number of thiophene rings is 1. The zero-order valence-corrected chi connectivity index (χ0v) is 12.6. The van der Waals surface area contributed by atoms with E-state index in [0.717, 1.165) is 32.4 Å². The maximum atomic E-state index is 12.2. The Morgan fingerprint density at radius 3 is 2.70 bits per heavy atom. The molecule has 0 aliphatic carbocycles. The van der Waals surface area contributed by atoms with Crippen molar-refractivity contribution in [2.45, 2.75) is 33.1 Å². The number of likely N-dealkylation sites (tertiary alicyclic amines) is 1. The first-order valence-corrected chi connectivity index (χ1v) is 7.76. The van der Waals surface area contributed by atoms with Crippen LogP contribution in [-0.2, 0) is 0 Å². The van der Waals surface area contributed by atoms with Crippen LogP contribution in [0.25, 0.3) is 0 Å². The highest BCUT2D eigenvalue weighted by molar-refractivity contribution is 7.14. The van der Waals surface area contributed by atoms with Crippen LogP contribution in [0, 0.1) is 5.41 Å². The molecule has 2 N–H and O–H groups in total. The molecule has 0 radical (unpaired) electrons. The lowest BCUT2D eigenvalue weighted by Crippen LogP contribution is -2.35. The van der Waals surface area contributed by atoms with Gasteiger partial charge in [0.15, 0.2) is 0 Å². The Balaban J connectivity index is 2.03. The lowest BCUT2D eigenvalue weighted by atomic mass is 9.82. The lowest BCUT2D eigenvalue weighted by Gasteiger charge is -2.26. The second kappa shape index (κ2) is 5.83. The second-order valence-electron chi connectivity index (χ2n) is 5.28. The van der Waals surface area contributed by atoms with Crippen LogP contribution in [0.5, 0.6) is 0 Å².